The molecule has 0 aromatic carbocycles. The molecule has 2 rings (SSSR count). The molecule has 1 aromatic heterocycles. The van der Waals surface area contributed by atoms with E-state index in [1.165, 1.54) is 10.9 Å². The fourth-order valence-corrected chi connectivity index (χ4v) is 2.18. The van der Waals surface area contributed by atoms with Crippen LogP contribution in [0.3, 0.4) is 0 Å². The van der Waals surface area contributed by atoms with Crippen LogP contribution in [0.1, 0.15) is 6.42 Å². The van der Waals surface area contributed by atoms with Gasteiger partial charge in [-0.3, -0.25) is 14.8 Å². The van der Waals surface area contributed by atoms with Crippen LogP contribution in [-0.2, 0) is 7.05 Å². The maximum absolute atomic E-state index is 10.8. The number of aromatic nitrogens is 2. The number of nitrogens with zero attached hydrogens (tertiary/aromatic N) is 4. The van der Waals surface area contributed by atoms with Crippen molar-refractivity contribution in [3.05, 3.63) is 16.3 Å². The fourth-order valence-electron chi connectivity index (χ4n) is 2.18. The number of piperazine rings is 1. The van der Waals surface area contributed by atoms with Gasteiger partial charge < -0.3 is 15.5 Å². The Hall–Kier alpha value is -1.67. The minimum absolute atomic E-state index is 0.0321. The first-order chi connectivity index (χ1) is 9.16. The van der Waals surface area contributed by atoms with Gasteiger partial charge >= 0.3 is 5.69 Å². The molecular formula is C11H20N6O2. The molecule has 0 unspecified atom stereocenters. The molecule has 1 saturated heterocycles. The summed E-state index contributed by atoms with van der Waals surface area (Å²) in [7, 11) is 1.68. The van der Waals surface area contributed by atoms with Crippen LogP contribution >= 0.6 is 0 Å². The van der Waals surface area contributed by atoms with Gasteiger partial charge in [0.1, 0.15) is 6.20 Å². The number of nitrogens with one attached hydrogen (secondary N) is 2. The van der Waals surface area contributed by atoms with Crippen molar-refractivity contribution in [2.24, 2.45) is 7.05 Å². The van der Waals surface area contributed by atoms with Gasteiger partial charge in [0.05, 0.1) is 4.92 Å². The zero-order valence-corrected chi connectivity index (χ0v) is 11.1. The molecule has 0 amide bonds. The van der Waals surface area contributed by atoms with E-state index in [2.05, 4.69) is 20.6 Å². The number of hydrogen-bond acceptors (Lipinski definition) is 6. The van der Waals surface area contributed by atoms with Gasteiger partial charge in [-0.2, -0.15) is 0 Å². The lowest BCUT2D eigenvalue weighted by molar-refractivity contribution is -0.384. The Balaban J connectivity index is 1.74. The van der Waals surface area contributed by atoms with Gasteiger partial charge in [-0.05, 0) is 13.0 Å². The first-order valence-electron chi connectivity index (χ1n) is 6.52. The Morgan fingerprint density at radius 3 is 2.95 bits per heavy atom. The summed E-state index contributed by atoms with van der Waals surface area (Å²) in [4.78, 5) is 12.8. The molecule has 19 heavy (non-hydrogen) atoms. The van der Waals surface area contributed by atoms with Crippen LogP contribution in [0.15, 0.2) is 6.20 Å². The van der Waals surface area contributed by atoms with E-state index in [0.717, 1.165) is 39.1 Å². The van der Waals surface area contributed by atoms with Crippen LogP contribution in [0.5, 0.6) is 0 Å². The zero-order valence-electron chi connectivity index (χ0n) is 11.1. The summed E-state index contributed by atoms with van der Waals surface area (Å²) >= 11 is 0. The molecule has 0 atom stereocenters. The van der Waals surface area contributed by atoms with Crippen molar-refractivity contribution in [2.75, 3.05) is 44.6 Å². The molecule has 0 bridgehead atoms. The second-order valence-corrected chi connectivity index (χ2v) is 4.67. The average Bonchev–Trinajstić information content (AvgIpc) is 2.77. The molecule has 1 aliphatic rings. The third kappa shape index (κ3) is 3.90. The molecule has 2 N–H and O–H groups in total. The molecule has 1 fully saturated rings. The van der Waals surface area contributed by atoms with E-state index >= 15 is 0 Å². The van der Waals surface area contributed by atoms with E-state index in [0.29, 0.717) is 12.4 Å². The van der Waals surface area contributed by atoms with Crippen LogP contribution in [0, 0.1) is 10.1 Å². The van der Waals surface area contributed by atoms with Crippen molar-refractivity contribution in [3.63, 3.8) is 0 Å². The highest BCUT2D eigenvalue weighted by atomic mass is 16.6. The SMILES string of the molecule is Cn1cc([N+](=O)[O-])c(NCCCN2CCNCC2)n1. The van der Waals surface area contributed by atoms with E-state index < -0.39 is 4.92 Å². The number of hydrogen-bond donors (Lipinski definition) is 2. The number of anilines is 1. The lowest BCUT2D eigenvalue weighted by Crippen LogP contribution is -2.44. The summed E-state index contributed by atoms with van der Waals surface area (Å²) in [6.07, 6.45) is 2.37. The molecular weight excluding hydrogens is 248 g/mol. The van der Waals surface area contributed by atoms with E-state index in [4.69, 9.17) is 0 Å². The standard InChI is InChI=1S/C11H20N6O2/c1-15-9-10(17(18)19)11(14-15)13-3-2-6-16-7-4-12-5-8-16/h9,12H,2-8H2,1H3,(H,13,14). The van der Waals surface area contributed by atoms with Crippen molar-refractivity contribution in [2.45, 2.75) is 6.42 Å². The second-order valence-electron chi connectivity index (χ2n) is 4.67. The summed E-state index contributed by atoms with van der Waals surface area (Å²) < 4.78 is 1.46. The minimum atomic E-state index is -0.411. The van der Waals surface area contributed by atoms with Gasteiger partial charge in [-0.25, -0.2) is 0 Å². The normalized spacial score (nSPS) is 16.5. The maximum atomic E-state index is 10.8. The lowest BCUT2D eigenvalue weighted by Gasteiger charge is -2.26. The molecule has 0 saturated carbocycles. The molecule has 8 nitrogen and oxygen atoms in total. The Morgan fingerprint density at radius 2 is 2.26 bits per heavy atom. The Kier molecular flexibility index (Phi) is 4.69. The molecule has 2 heterocycles. The summed E-state index contributed by atoms with van der Waals surface area (Å²) in [6.45, 7) is 5.93. The Labute approximate surface area is 111 Å². The maximum Gasteiger partial charge on any atom is 0.330 e. The highest BCUT2D eigenvalue weighted by Gasteiger charge is 2.17. The van der Waals surface area contributed by atoms with Crippen LogP contribution in [0.2, 0.25) is 0 Å². The first kappa shape index (κ1) is 13.8. The van der Waals surface area contributed by atoms with Crippen molar-refractivity contribution in [1.82, 2.24) is 20.0 Å². The largest absolute Gasteiger partial charge is 0.363 e. The van der Waals surface area contributed by atoms with Crippen molar-refractivity contribution in [3.8, 4) is 0 Å². The molecule has 8 heteroatoms. The van der Waals surface area contributed by atoms with Crippen molar-refractivity contribution >= 4 is 11.5 Å². The molecule has 0 spiro atoms. The van der Waals surface area contributed by atoms with Crippen LogP contribution < -0.4 is 10.6 Å². The zero-order chi connectivity index (χ0) is 13.7. The van der Waals surface area contributed by atoms with Gasteiger partial charge in [0.2, 0.25) is 5.82 Å². The second kappa shape index (κ2) is 6.48. The molecule has 1 aromatic rings. The van der Waals surface area contributed by atoms with E-state index in [9.17, 15) is 10.1 Å². The monoisotopic (exact) mass is 268 g/mol. The van der Waals surface area contributed by atoms with Gasteiger partial charge in [-0.1, -0.05) is 0 Å². The summed E-state index contributed by atoms with van der Waals surface area (Å²) in [6, 6.07) is 0. The molecule has 0 aliphatic carbocycles. The molecule has 106 valence electrons. The van der Waals surface area contributed by atoms with Crippen LogP contribution in [-0.4, -0.2) is 58.9 Å². The van der Waals surface area contributed by atoms with Crippen LogP contribution in [0.25, 0.3) is 0 Å². The highest BCUT2D eigenvalue weighted by molar-refractivity contribution is 5.54. The van der Waals surface area contributed by atoms with Gasteiger partial charge in [0.15, 0.2) is 0 Å². The van der Waals surface area contributed by atoms with Crippen LogP contribution in [0.4, 0.5) is 11.5 Å². The summed E-state index contributed by atoms with van der Waals surface area (Å²) in [5.74, 6) is 0.354. The van der Waals surface area contributed by atoms with E-state index in [1.54, 1.807) is 7.05 Å². The fraction of sp³-hybridized carbons (Fsp3) is 0.727. The number of aryl methyl sites for hydroxylation is 1. The topological polar surface area (TPSA) is 88.3 Å². The van der Waals surface area contributed by atoms with Gasteiger partial charge in [0.25, 0.3) is 0 Å². The summed E-state index contributed by atoms with van der Waals surface area (Å²) in [5, 5.41) is 21.2. The van der Waals surface area contributed by atoms with E-state index in [-0.39, 0.29) is 5.69 Å². The number of nitro groups is 1. The predicted molar refractivity (Wildman–Crippen MR) is 72.3 cm³/mol. The molecule has 1 aliphatic heterocycles. The van der Waals surface area contributed by atoms with Gasteiger partial charge in [0, 0.05) is 39.8 Å². The average molecular weight is 268 g/mol. The van der Waals surface area contributed by atoms with Gasteiger partial charge in [-0.15, -0.1) is 5.10 Å². The van der Waals surface area contributed by atoms with Crippen molar-refractivity contribution in [1.29, 1.82) is 0 Å². The number of rotatable bonds is 6. The lowest BCUT2D eigenvalue weighted by atomic mass is 10.3. The Morgan fingerprint density at radius 1 is 1.53 bits per heavy atom. The molecule has 0 radical (unpaired) electrons. The minimum Gasteiger partial charge on any atom is -0.363 e. The highest BCUT2D eigenvalue weighted by Crippen LogP contribution is 2.21. The third-order valence-corrected chi connectivity index (χ3v) is 3.16. The first-order valence-corrected chi connectivity index (χ1v) is 6.52. The predicted octanol–water partition coefficient (Wildman–Crippen LogP) is 0.0355. The quantitative estimate of drug-likeness (QED) is 0.430. The Bertz CT molecular complexity index is 427. The smallest absolute Gasteiger partial charge is 0.330 e. The van der Waals surface area contributed by atoms with E-state index in [1.807, 2.05) is 0 Å². The van der Waals surface area contributed by atoms with Crippen molar-refractivity contribution < 1.29 is 4.92 Å². The third-order valence-electron chi connectivity index (χ3n) is 3.16. The summed E-state index contributed by atoms with van der Waals surface area (Å²) in [5.41, 5.74) is 0.0321.